The number of pyridine rings is 2. The van der Waals surface area contributed by atoms with Crippen LogP contribution in [-0.2, 0) is 0 Å². The van der Waals surface area contributed by atoms with E-state index in [1.807, 2.05) is 49.4 Å². The number of methoxy groups -OCH3 is 1. The first-order chi connectivity index (χ1) is 11.2. The van der Waals surface area contributed by atoms with Gasteiger partial charge in [0, 0.05) is 17.5 Å². The van der Waals surface area contributed by atoms with Gasteiger partial charge in [-0.1, -0.05) is 12.1 Å². The van der Waals surface area contributed by atoms with Crippen LogP contribution in [0.15, 0.2) is 54.9 Å². The molecule has 0 spiro atoms. The number of ether oxygens (including phenoxy) is 1. The van der Waals surface area contributed by atoms with Gasteiger partial charge >= 0.3 is 0 Å². The van der Waals surface area contributed by atoms with E-state index in [0.29, 0.717) is 5.82 Å². The fraction of sp³-hybridized carbons (Fsp3) is 0.111. The zero-order valence-electron chi connectivity index (χ0n) is 13.1. The van der Waals surface area contributed by atoms with Gasteiger partial charge in [0.1, 0.15) is 11.6 Å². The molecule has 0 radical (unpaired) electrons. The van der Waals surface area contributed by atoms with E-state index in [2.05, 4.69) is 15.3 Å². The van der Waals surface area contributed by atoms with Crippen LogP contribution in [0.3, 0.4) is 0 Å². The van der Waals surface area contributed by atoms with Gasteiger partial charge < -0.3 is 15.8 Å². The molecule has 3 aromatic rings. The van der Waals surface area contributed by atoms with Crippen molar-refractivity contribution in [3.8, 4) is 16.9 Å². The Labute approximate surface area is 135 Å². The minimum absolute atomic E-state index is 0.443. The minimum atomic E-state index is 0.443. The molecule has 0 unspecified atom stereocenters. The van der Waals surface area contributed by atoms with Crippen molar-refractivity contribution in [2.45, 2.75) is 6.92 Å². The summed E-state index contributed by atoms with van der Waals surface area (Å²) in [5, 5.41) is 3.31. The van der Waals surface area contributed by atoms with E-state index in [-0.39, 0.29) is 0 Å². The Hall–Kier alpha value is -3.08. The van der Waals surface area contributed by atoms with Crippen LogP contribution in [0.25, 0.3) is 11.1 Å². The maximum atomic E-state index is 6.07. The van der Waals surface area contributed by atoms with Gasteiger partial charge in [0.15, 0.2) is 0 Å². The first-order valence-electron chi connectivity index (χ1n) is 7.26. The Balaban J connectivity index is 2.00. The predicted molar refractivity (Wildman–Crippen MR) is 92.9 cm³/mol. The number of hydrogen-bond donors (Lipinski definition) is 2. The van der Waals surface area contributed by atoms with Crippen LogP contribution in [0.5, 0.6) is 5.75 Å². The molecule has 0 fully saturated rings. The molecule has 0 amide bonds. The summed E-state index contributed by atoms with van der Waals surface area (Å²) in [5.41, 5.74) is 10.7. The molecule has 23 heavy (non-hydrogen) atoms. The molecule has 116 valence electrons. The topological polar surface area (TPSA) is 73.1 Å². The molecule has 5 nitrogen and oxygen atoms in total. The molecule has 0 bridgehead atoms. The SMILES string of the molecule is COc1ccc(-c2ccnc(N)c2Nc2ccc(C)nc2)cc1. The van der Waals surface area contributed by atoms with E-state index in [1.165, 1.54) is 0 Å². The molecule has 0 saturated carbocycles. The summed E-state index contributed by atoms with van der Waals surface area (Å²) < 4.78 is 5.20. The number of nitrogens with two attached hydrogens (primary N) is 1. The molecular formula is C18H18N4O. The highest BCUT2D eigenvalue weighted by Gasteiger charge is 2.10. The van der Waals surface area contributed by atoms with Gasteiger partial charge in [0.2, 0.25) is 0 Å². The molecular weight excluding hydrogens is 288 g/mol. The van der Waals surface area contributed by atoms with E-state index < -0.39 is 0 Å². The second kappa shape index (κ2) is 6.36. The van der Waals surface area contributed by atoms with Crippen molar-refractivity contribution < 1.29 is 4.74 Å². The van der Waals surface area contributed by atoms with Crippen molar-refractivity contribution >= 4 is 17.2 Å². The number of rotatable bonds is 4. The monoisotopic (exact) mass is 306 g/mol. The number of nitrogen functional groups attached to an aromatic ring is 1. The lowest BCUT2D eigenvalue weighted by atomic mass is 10.0. The second-order valence-electron chi connectivity index (χ2n) is 5.16. The lowest BCUT2D eigenvalue weighted by Crippen LogP contribution is -2.01. The van der Waals surface area contributed by atoms with Gasteiger partial charge in [-0.2, -0.15) is 0 Å². The Bertz CT molecular complexity index is 798. The molecule has 3 N–H and O–H groups in total. The van der Waals surface area contributed by atoms with Crippen LogP contribution in [0.2, 0.25) is 0 Å². The summed E-state index contributed by atoms with van der Waals surface area (Å²) in [6, 6.07) is 13.7. The van der Waals surface area contributed by atoms with Crippen LogP contribution in [-0.4, -0.2) is 17.1 Å². The zero-order chi connectivity index (χ0) is 16.2. The number of aryl methyl sites for hydroxylation is 1. The molecule has 0 atom stereocenters. The smallest absolute Gasteiger partial charge is 0.147 e. The molecule has 2 aromatic heterocycles. The molecule has 2 heterocycles. The Morgan fingerprint density at radius 1 is 1.00 bits per heavy atom. The fourth-order valence-corrected chi connectivity index (χ4v) is 2.31. The van der Waals surface area contributed by atoms with Crippen molar-refractivity contribution in [2.75, 3.05) is 18.2 Å². The molecule has 0 saturated heterocycles. The van der Waals surface area contributed by atoms with Crippen LogP contribution >= 0.6 is 0 Å². The maximum Gasteiger partial charge on any atom is 0.147 e. The highest BCUT2D eigenvalue weighted by molar-refractivity contribution is 5.87. The molecule has 0 aliphatic carbocycles. The van der Waals surface area contributed by atoms with Gasteiger partial charge in [0.05, 0.1) is 24.7 Å². The predicted octanol–water partition coefficient (Wildman–Crippen LogP) is 3.79. The Kier molecular flexibility index (Phi) is 4.10. The zero-order valence-corrected chi connectivity index (χ0v) is 13.1. The lowest BCUT2D eigenvalue weighted by molar-refractivity contribution is 0.415. The Morgan fingerprint density at radius 3 is 2.43 bits per heavy atom. The van der Waals surface area contributed by atoms with Crippen molar-refractivity contribution in [2.24, 2.45) is 0 Å². The van der Waals surface area contributed by atoms with Gasteiger partial charge in [-0.3, -0.25) is 4.98 Å². The van der Waals surface area contributed by atoms with Crippen molar-refractivity contribution in [3.05, 3.63) is 60.6 Å². The minimum Gasteiger partial charge on any atom is -0.497 e. The van der Waals surface area contributed by atoms with Crippen molar-refractivity contribution in [1.82, 2.24) is 9.97 Å². The summed E-state index contributed by atoms with van der Waals surface area (Å²) in [6.07, 6.45) is 3.48. The Morgan fingerprint density at radius 2 is 1.78 bits per heavy atom. The molecule has 3 rings (SSSR count). The second-order valence-corrected chi connectivity index (χ2v) is 5.16. The van der Waals surface area contributed by atoms with E-state index in [1.54, 1.807) is 19.5 Å². The van der Waals surface area contributed by atoms with E-state index >= 15 is 0 Å². The van der Waals surface area contributed by atoms with Crippen molar-refractivity contribution in [3.63, 3.8) is 0 Å². The van der Waals surface area contributed by atoms with Crippen LogP contribution in [0.4, 0.5) is 17.2 Å². The van der Waals surface area contributed by atoms with Crippen LogP contribution in [0, 0.1) is 6.92 Å². The molecule has 0 aliphatic rings. The number of benzene rings is 1. The standard InChI is InChI=1S/C18H18N4O/c1-12-3-6-14(11-21-12)22-17-16(9-10-20-18(17)19)13-4-7-15(23-2)8-5-13/h3-11,22H,1-2H3,(H2,19,20). The average Bonchev–Trinajstić information content (AvgIpc) is 2.59. The lowest BCUT2D eigenvalue weighted by Gasteiger charge is -2.14. The summed E-state index contributed by atoms with van der Waals surface area (Å²) in [4.78, 5) is 8.47. The van der Waals surface area contributed by atoms with Crippen molar-refractivity contribution in [1.29, 1.82) is 0 Å². The first kappa shape index (κ1) is 14.8. The van der Waals surface area contributed by atoms with E-state index in [4.69, 9.17) is 10.5 Å². The average molecular weight is 306 g/mol. The maximum absolute atomic E-state index is 6.07. The number of nitrogens with zero attached hydrogens (tertiary/aromatic N) is 2. The summed E-state index contributed by atoms with van der Waals surface area (Å²) in [5.74, 6) is 1.26. The number of nitrogens with one attached hydrogen (secondary N) is 1. The number of anilines is 3. The molecule has 1 aromatic carbocycles. The van der Waals surface area contributed by atoms with Crippen LogP contribution in [0.1, 0.15) is 5.69 Å². The third-order valence-corrected chi connectivity index (χ3v) is 3.56. The number of aromatic nitrogens is 2. The summed E-state index contributed by atoms with van der Waals surface area (Å²) in [7, 11) is 1.65. The van der Waals surface area contributed by atoms with Gasteiger partial charge in [-0.05, 0) is 42.8 Å². The van der Waals surface area contributed by atoms with Gasteiger partial charge in [-0.25, -0.2) is 4.98 Å². The highest BCUT2D eigenvalue weighted by atomic mass is 16.5. The molecule has 5 heteroatoms. The first-order valence-corrected chi connectivity index (χ1v) is 7.26. The molecule has 0 aliphatic heterocycles. The normalized spacial score (nSPS) is 10.3. The van der Waals surface area contributed by atoms with Crippen LogP contribution < -0.4 is 15.8 Å². The van der Waals surface area contributed by atoms with Gasteiger partial charge in [0.25, 0.3) is 0 Å². The highest BCUT2D eigenvalue weighted by Crippen LogP contribution is 2.34. The third kappa shape index (κ3) is 3.23. The summed E-state index contributed by atoms with van der Waals surface area (Å²) in [6.45, 7) is 1.95. The van der Waals surface area contributed by atoms with Gasteiger partial charge in [-0.15, -0.1) is 0 Å². The van der Waals surface area contributed by atoms with E-state index in [9.17, 15) is 0 Å². The summed E-state index contributed by atoms with van der Waals surface area (Å²) >= 11 is 0. The third-order valence-electron chi connectivity index (χ3n) is 3.56. The largest absolute Gasteiger partial charge is 0.497 e. The fourth-order valence-electron chi connectivity index (χ4n) is 2.31. The quantitative estimate of drug-likeness (QED) is 0.767. The van der Waals surface area contributed by atoms with E-state index in [0.717, 1.165) is 33.9 Å². The number of hydrogen-bond acceptors (Lipinski definition) is 5.